The van der Waals surface area contributed by atoms with Crippen molar-refractivity contribution in [2.24, 2.45) is 0 Å². The van der Waals surface area contributed by atoms with E-state index in [0.29, 0.717) is 30.4 Å². The number of methoxy groups -OCH3 is 1. The summed E-state index contributed by atoms with van der Waals surface area (Å²) in [4.78, 5) is 4.22. The van der Waals surface area contributed by atoms with E-state index in [2.05, 4.69) is 9.17 Å². The summed E-state index contributed by atoms with van der Waals surface area (Å²) in [6.07, 6.45) is 4.89. The van der Waals surface area contributed by atoms with Crippen LogP contribution >= 0.6 is 0 Å². The molecule has 1 aromatic heterocycles. The van der Waals surface area contributed by atoms with Crippen molar-refractivity contribution < 1.29 is 21.8 Å². The lowest BCUT2D eigenvalue weighted by Crippen LogP contribution is -2.06. The number of hydrogen-bond acceptors (Lipinski definition) is 6. The Morgan fingerprint density at radius 3 is 2.78 bits per heavy atom. The van der Waals surface area contributed by atoms with Crippen molar-refractivity contribution in [3.8, 4) is 0 Å². The Kier molecular flexibility index (Phi) is 5.52. The summed E-state index contributed by atoms with van der Waals surface area (Å²) in [6.45, 7) is 2.32. The van der Waals surface area contributed by atoms with E-state index in [1.165, 1.54) is 0 Å². The average molecular weight is 275 g/mol. The van der Waals surface area contributed by atoms with E-state index >= 15 is 0 Å². The van der Waals surface area contributed by atoms with Crippen molar-refractivity contribution in [1.29, 1.82) is 0 Å². The molecule has 6 nitrogen and oxygen atoms in total. The third-order valence-electron chi connectivity index (χ3n) is 2.07. The van der Waals surface area contributed by atoms with Gasteiger partial charge in [0.15, 0.2) is 0 Å². The topological polar surface area (TPSA) is 78.6 Å². The maximum atomic E-state index is 10.8. The Hall–Kier alpha value is -1.18. The molecule has 0 radical (unpaired) electrons. The van der Waals surface area contributed by atoms with Crippen molar-refractivity contribution >= 4 is 16.2 Å². The minimum absolute atomic E-state index is 0.0629. The van der Waals surface area contributed by atoms with Gasteiger partial charge in [0.2, 0.25) is 5.89 Å². The predicted molar refractivity (Wildman–Crippen MR) is 66.6 cm³/mol. The molecule has 0 aliphatic rings. The Morgan fingerprint density at radius 2 is 2.17 bits per heavy atom. The first kappa shape index (κ1) is 14.9. The molecule has 0 fully saturated rings. The molecule has 1 aromatic rings. The van der Waals surface area contributed by atoms with Crippen LogP contribution in [0.4, 0.5) is 0 Å². The highest BCUT2D eigenvalue weighted by Crippen LogP contribution is 2.12. The number of hydrogen-bond donors (Lipinski definition) is 0. The Labute approximate surface area is 107 Å². The third-order valence-corrected chi connectivity index (χ3v) is 2.66. The first-order valence-electron chi connectivity index (χ1n) is 5.38. The van der Waals surface area contributed by atoms with E-state index < -0.39 is 10.1 Å². The molecule has 18 heavy (non-hydrogen) atoms. The van der Waals surface area contributed by atoms with E-state index in [1.807, 2.05) is 0 Å². The lowest BCUT2D eigenvalue weighted by molar-refractivity contribution is 0.234. The van der Waals surface area contributed by atoms with E-state index in [0.717, 1.165) is 6.26 Å². The second kappa shape index (κ2) is 6.67. The molecule has 0 unspecified atom stereocenters. The highest BCUT2D eigenvalue weighted by atomic mass is 32.2. The zero-order chi connectivity index (χ0) is 13.6. The first-order valence-corrected chi connectivity index (χ1v) is 7.20. The molecule has 0 atom stereocenters. The molecular weight excluding hydrogens is 258 g/mol. The standard InChI is InChI=1S/C11H17NO5S/c1-9-10(6-8-16-18(3,13)14)12-11(17-9)5-4-7-15-2/h4-5H,6-8H2,1-3H3. The van der Waals surface area contributed by atoms with Crippen molar-refractivity contribution in [2.75, 3.05) is 26.6 Å². The van der Waals surface area contributed by atoms with Gasteiger partial charge in [0.1, 0.15) is 5.76 Å². The highest BCUT2D eigenvalue weighted by molar-refractivity contribution is 7.85. The molecule has 0 aliphatic carbocycles. The number of ether oxygens (including phenoxy) is 1. The molecule has 1 rings (SSSR count). The molecule has 0 saturated heterocycles. The summed E-state index contributed by atoms with van der Waals surface area (Å²) in [6, 6.07) is 0. The van der Waals surface area contributed by atoms with Crippen molar-refractivity contribution in [3.05, 3.63) is 23.4 Å². The molecule has 0 bridgehead atoms. The van der Waals surface area contributed by atoms with Crippen LogP contribution < -0.4 is 0 Å². The van der Waals surface area contributed by atoms with Gasteiger partial charge in [0.05, 0.1) is 25.2 Å². The molecule has 0 saturated carbocycles. The van der Waals surface area contributed by atoms with Gasteiger partial charge >= 0.3 is 0 Å². The highest BCUT2D eigenvalue weighted by Gasteiger charge is 2.09. The van der Waals surface area contributed by atoms with Crippen molar-refractivity contribution in [1.82, 2.24) is 4.98 Å². The van der Waals surface area contributed by atoms with Gasteiger partial charge in [-0.2, -0.15) is 8.42 Å². The smallest absolute Gasteiger partial charge is 0.264 e. The molecule has 0 aromatic carbocycles. The summed E-state index contributed by atoms with van der Waals surface area (Å²) >= 11 is 0. The zero-order valence-corrected chi connectivity index (χ0v) is 11.5. The van der Waals surface area contributed by atoms with Crippen LogP contribution in [0, 0.1) is 6.92 Å². The van der Waals surface area contributed by atoms with Crippen LogP contribution in [0.25, 0.3) is 6.08 Å². The Balaban J connectivity index is 2.56. The average Bonchev–Trinajstić information content (AvgIpc) is 2.58. The Bertz CT molecular complexity index is 504. The molecule has 102 valence electrons. The molecule has 0 N–H and O–H groups in total. The number of aryl methyl sites for hydroxylation is 1. The van der Waals surface area contributed by atoms with E-state index in [1.54, 1.807) is 26.2 Å². The van der Waals surface area contributed by atoms with Gasteiger partial charge in [-0.3, -0.25) is 4.18 Å². The van der Waals surface area contributed by atoms with Crippen LogP contribution in [0.2, 0.25) is 0 Å². The Morgan fingerprint density at radius 1 is 1.44 bits per heavy atom. The molecule has 0 aliphatic heterocycles. The second-order valence-corrected chi connectivity index (χ2v) is 5.33. The summed E-state index contributed by atoms with van der Waals surface area (Å²) < 4.78 is 36.5. The van der Waals surface area contributed by atoms with Crippen LogP contribution in [0.5, 0.6) is 0 Å². The maximum absolute atomic E-state index is 10.8. The van der Waals surface area contributed by atoms with Gasteiger partial charge in [-0.15, -0.1) is 0 Å². The van der Waals surface area contributed by atoms with Crippen LogP contribution in [0.1, 0.15) is 17.3 Å². The first-order chi connectivity index (χ1) is 8.42. The fraction of sp³-hybridized carbons (Fsp3) is 0.545. The van der Waals surface area contributed by atoms with Crippen LogP contribution in [-0.4, -0.2) is 40.0 Å². The molecule has 1 heterocycles. The quantitative estimate of drug-likeness (QED) is 0.695. The predicted octanol–water partition coefficient (Wildman–Crippen LogP) is 1.16. The van der Waals surface area contributed by atoms with Crippen LogP contribution in [-0.2, 0) is 25.5 Å². The van der Waals surface area contributed by atoms with Gasteiger partial charge in [0.25, 0.3) is 10.1 Å². The fourth-order valence-corrected chi connectivity index (χ4v) is 1.67. The maximum Gasteiger partial charge on any atom is 0.264 e. The van der Waals surface area contributed by atoms with Gasteiger partial charge in [-0.25, -0.2) is 4.98 Å². The summed E-state index contributed by atoms with van der Waals surface area (Å²) in [5, 5.41) is 0. The summed E-state index contributed by atoms with van der Waals surface area (Å²) in [5.41, 5.74) is 0.690. The zero-order valence-electron chi connectivity index (χ0n) is 10.7. The fourth-order valence-electron chi connectivity index (χ4n) is 1.29. The normalized spacial score (nSPS) is 12.4. The summed E-state index contributed by atoms with van der Waals surface area (Å²) in [5.74, 6) is 1.13. The van der Waals surface area contributed by atoms with E-state index in [-0.39, 0.29) is 6.61 Å². The van der Waals surface area contributed by atoms with Crippen LogP contribution in [0.15, 0.2) is 10.5 Å². The number of rotatable bonds is 7. The van der Waals surface area contributed by atoms with Crippen LogP contribution in [0.3, 0.4) is 0 Å². The van der Waals surface area contributed by atoms with Gasteiger partial charge in [0, 0.05) is 13.5 Å². The molecule has 0 spiro atoms. The summed E-state index contributed by atoms with van der Waals surface area (Å²) in [7, 11) is -1.81. The minimum Gasteiger partial charge on any atom is -0.442 e. The SMILES string of the molecule is COCC=Cc1nc(CCOS(C)(=O)=O)c(C)o1. The molecule has 7 heteroatoms. The van der Waals surface area contributed by atoms with E-state index in [9.17, 15) is 8.42 Å². The number of oxazole rings is 1. The van der Waals surface area contributed by atoms with Crippen molar-refractivity contribution in [2.45, 2.75) is 13.3 Å². The molecular formula is C11H17NO5S. The third kappa shape index (κ3) is 5.44. The lowest BCUT2D eigenvalue weighted by Gasteiger charge is -1.98. The van der Waals surface area contributed by atoms with Gasteiger partial charge in [-0.05, 0) is 13.0 Å². The lowest BCUT2D eigenvalue weighted by atomic mass is 10.3. The van der Waals surface area contributed by atoms with E-state index in [4.69, 9.17) is 9.15 Å². The van der Waals surface area contributed by atoms with Crippen molar-refractivity contribution in [3.63, 3.8) is 0 Å². The van der Waals surface area contributed by atoms with Gasteiger partial charge in [-0.1, -0.05) is 6.08 Å². The second-order valence-electron chi connectivity index (χ2n) is 3.69. The number of aromatic nitrogens is 1. The minimum atomic E-state index is -3.41. The molecule has 0 amide bonds. The monoisotopic (exact) mass is 275 g/mol. The number of nitrogens with zero attached hydrogens (tertiary/aromatic N) is 1. The van der Waals surface area contributed by atoms with Gasteiger partial charge < -0.3 is 9.15 Å². The largest absolute Gasteiger partial charge is 0.442 e.